The van der Waals surface area contributed by atoms with Gasteiger partial charge in [0, 0.05) is 24.3 Å². The normalized spacial score (nSPS) is 11.8. The van der Waals surface area contributed by atoms with Gasteiger partial charge in [0.15, 0.2) is 9.84 Å². The van der Waals surface area contributed by atoms with E-state index in [2.05, 4.69) is 15.3 Å². The lowest BCUT2D eigenvalue weighted by Crippen LogP contribution is -2.15. The van der Waals surface area contributed by atoms with Crippen LogP contribution in [0.2, 0.25) is 0 Å². The number of carbonyl (C=O) groups is 1. The molecule has 168 valence electrons. The fourth-order valence-corrected chi connectivity index (χ4v) is 5.36. The van der Waals surface area contributed by atoms with Gasteiger partial charge in [-0.2, -0.15) is 13.2 Å². The third kappa shape index (κ3) is 6.54. The Morgan fingerprint density at radius 3 is 2.56 bits per heavy atom. The highest BCUT2D eigenvalue weighted by molar-refractivity contribution is 8.00. The summed E-state index contributed by atoms with van der Waals surface area (Å²) in [5.74, 6) is -0.635. The summed E-state index contributed by atoms with van der Waals surface area (Å²) >= 11 is 1.09. The number of anilines is 1. The van der Waals surface area contributed by atoms with Gasteiger partial charge in [0.1, 0.15) is 5.03 Å². The van der Waals surface area contributed by atoms with E-state index in [0.717, 1.165) is 35.5 Å². The van der Waals surface area contributed by atoms with Crippen LogP contribution in [0.15, 0.2) is 77.0 Å². The largest absolute Gasteiger partial charge is 0.416 e. The number of hydrogen-bond donors (Lipinski definition) is 1. The van der Waals surface area contributed by atoms with Crippen molar-refractivity contribution in [2.75, 3.05) is 16.8 Å². The Hall–Kier alpha value is -2.92. The van der Waals surface area contributed by atoms with E-state index in [4.69, 9.17) is 0 Å². The van der Waals surface area contributed by atoms with Crippen LogP contribution < -0.4 is 5.32 Å². The maximum Gasteiger partial charge on any atom is 0.416 e. The van der Waals surface area contributed by atoms with Crippen molar-refractivity contribution in [1.82, 2.24) is 9.97 Å². The predicted octanol–water partition coefficient (Wildman–Crippen LogP) is 4.24. The fourth-order valence-electron chi connectivity index (χ4n) is 2.72. The molecule has 0 radical (unpaired) electrons. The number of halogens is 3. The van der Waals surface area contributed by atoms with Crippen LogP contribution in [0.25, 0.3) is 0 Å². The summed E-state index contributed by atoms with van der Waals surface area (Å²) in [6.07, 6.45) is 0.163. The van der Waals surface area contributed by atoms with E-state index in [-0.39, 0.29) is 23.0 Å². The van der Waals surface area contributed by atoms with Gasteiger partial charge in [-0.05, 0) is 42.0 Å². The molecule has 32 heavy (non-hydrogen) atoms. The molecule has 2 heterocycles. The van der Waals surface area contributed by atoms with Gasteiger partial charge in [0.05, 0.1) is 28.3 Å². The number of aromatic nitrogens is 2. The van der Waals surface area contributed by atoms with Gasteiger partial charge in [-0.3, -0.25) is 9.78 Å². The SMILES string of the molecule is O=C(Cc1cccnc1)Nc1cccnc1SCCS(=O)(=O)c1cccc(C(F)(F)F)c1. The zero-order chi connectivity index (χ0) is 23.2. The highest BCUT2D eigenvalue weighted by atomic mass is 32.2. The topological polar surface area (TPSA) is 89.0 Å². The van der Waals surface area contributed by atoms with E-state index in [1.54, 1.807) is 36.7 Å². The van der Waals surface area contributed by atoms with Crippen LogP contribution in [0, 0.1) is 0 Å². The summed E-state index contributed by atoms with van der Waals surface area (Å²) < 4.78 is 63.6. The van der Waals surface area contributed by atoms with Crippen molar-refractivity contribution >= 4 is 33.2 Å². The quantitative estimate of drug-likeness (QED) is 0.484. The van der Waals surface area contributed by atoms with Crippen molar-refractivity contribution in [1.29, 1.82) is 0 Å². The van der Waals surface area contributed by atoms with Crippen molar-refractivity contribution in [2.24, 2.45) is 0 Å². The molecule has 6 nitrogen and oxygen atoms in total. The molecule has 0 aliphatic heterocycles. The summed E-state index contributed by atoms with van der Waals surface area (Å²) in [5.41, 5.74) is 0.132. The summed E-state index contributed by atoms with van der Waals surface area (Å²) in [5, 5.41) is 3.15. The second-order valence-electron chi connectivity index (χ2n) is 6.64. The average Bonchev–Trinajstić information content (AvgIpc) is 2.75. The number of thioether (sulfide) groups is 1. The maximum absolute atomic E-state index is 12.9. The Labute approximate surface area is 187 Å². The number of pyridine rings is 2. The molecule has 0 aliphatic rings. The van der Waals surface area contributed by atoms with E-state index in [9.17, 15) is 26.4 Å². The van der Waals surface area contributed by atoms with E-state index < -0.39 is 27.3 Å². The van der Waals surface area contributed by atoms with Crippen molar-refractivity contribution < 1.29 is 26.4 Å². The molecule has 0 spiro atoms. The van der Waals surface area contributed by atoms with Gasteiger partial charge in [0.2, 0.25) is 5.91 Å². The molecule has 11 heteroatoms. The highest BCUT2D eigenvalue weighted by Gasteiger charge is 2.31. The lowest BCUT2D eigenvalue weighted by Gasteiger charge is -2.11. The van der Waals surface area contributed by atoms with Crippen LogP contribution in [0.5, 0.6) is 0 Å². The van der Waals surface area contributed by atoms with Gasteiger partial charge in [0.25, 0.3) is 0 Å². The number of rotatable bonds is 8. The molecule has 0 fully saturated rings. The van der Waals surface area contributed by atoms with E-state index >= 15 is 0 Å². The number of benzene rings is 1. The molecule has 0 atom stereocenters. The fraction of sp³-hybridized carbons (Fsp3) is 0.190. The van der Waals surface area contributed by atoms with Crippen molar-refractivity contribution in [3.63, 3.8) is 0 Å². The molecular formula is C21H18F3N3O3S2. The number of carbonyl (C=O) groups excluding carboxylic acids is 1. The maximum atomic E-state index is 12.9. The number of sulfone groups is 1. The smallest absolute Gasteiger partial charge is 0.323 e. The monoisotopic (exact) mass is 481 g/mol. The zero-order valence-corrected chi connectivity index (χ0v) is 18.2. The van der Waals surface area contributed by atoms with Gasteiger partial charge < -0.3 is 5.32 Å². The predicted molar refractivity (Wildman–Crippen MR) is 115 cm³/mol. The lowest BCUT2D eigenvalue weighted by molar-refractivity contribution is -0.137. The van der Waals surface area contributed by atoms with Gasteiger partial charge in [-0.25, -0.2) is 13.4 Å². The number of alkyl halides is 3. The minimum absolute atomic E-state index is 0.0427. The average molecular weight is 482 g/mol. The molecule has 1 N–H and O–H groups in total. The van der Waals surface area contributed by atoms with Crippen molar-refractivity contribution in [2.45, 2.75) is 22.5 Å². The van der Waals surface area contributed by atoms with Crippen LogP contribution in [0.1, 0.15) is 11.1 Å². The molecule has 0 unspecified atom stereocenters. The third-order valence-corrected chi connectivity index (χ3v) is 7.22. The molecule has 0 aliphatic carbocycles. The minimum atomic E-state index is -4.63. The van der Waals surface area contributed by atoms with E-state index in [1.165, 1.54) is 6.20 Å². The Morgan fingerprint density at radius 1 is 1.06 bits per heavy atom. The third-order valence-electron chi connectivity index (χ3n) is 4.24. The number of amides is 1. The number of nitrogens with one attached hydrogen (secondary N) is 1. The van der Waals surface area contributed by atoms with Crippen molar-refractivity contribution in [3.8, 4) is 0 Å². The Morgan fingerprint density at radius 2 is 1.84 bits per heavy atom. The first-order chi connectivity index (χ1) is 15.1. The van der Waals surface area contributed by atoms with Crippen molar-refractivity contribution in [3.05, 3.63) is 78.2 Å². The Kier molecular flexibility index (Phi) is 7.52. The molecule has 3 aromatic rings. The highest BCUT2D eigenvalue weighted by Crippen LogP contribution is 2.31. The first kappa shape index (κ1) is 23.7. The van der Waals surface area contributed by atoms with E-state index in [0.29, 0.717) is 16.8 Å². The second-order valence-corrected chi connectivity index (χ2v) is 9.83. The summed E-state index contributed by atoms with van der Waals surface area (Å²) in [6.45, 7) is 0. The van der Waals surface area contributed by atoms with Gasteiger partial charge in [-0.15, -0.1) is 11.8 Å². The molecule has 0 saturated carbocycles. The molecule has 2 aromatic heterocycles. The lowest BCUT2D eigenvalue weighted by atomic mass is 10.2. The number of hydrogen-bond acceptors (Lipinski definition) is 6. The summed E-state index contributed by atoms with van der Waals surface area (Å²) in [4.78, 5) is 20.0. The minimum Gasteiger partial charge on any atom is -0.323 e. The Bertz CT molecular complexity index is 1190. The van der Waals surface area contributed by atoms with Gasteiger partial charge in [-0.1, -0.05) is 12.1 Å². The molecule has 1 aromatic carbocycles. The summed E-state index contributed by atoms with van der Waals surface area (Å²) in [7, 11) is -3.93. The molecule has 0 saturated heterocycles. The van der Waals surface area contributed by atoms with Crippen LogP contribution >= 0.6 is 11.8 Å². The van der Waals surface area contributed by atoms with Gasteiger partial charge >= 0.3 is 6.18 Å². The van der Waals surface area contributed by atoms with Crippen LogP contribution in [0.4, 0.5) is 18.9 Å². The first-order valence-electron chi connectivity index (χ1n) is 9.32. The van der Waals surface area contributed by atoms with Crippen LogP contribution in [-0.4, -0.2) is 35.8 Å². The Balaban J connectivity index is 1.63. The molecule has 0 bridgehead atoms. The second kappa shape index (κ2) is 10.1. The first-order valence-corrected chi connectivity index (χ1v) is 12.0. The van der Waals surface area contributed by atoms with E-state index in [1.807, 2.05) is 0 Å². The molecular weight excluding hydrogens is 463 g/mol. The standard InChI is InChI=1S/C21H18F3N3O3S2/c22-21(23,24)16-5-1-6-17(13-16)32(29,30)11-10-31-20-18(7-3-9-26-20)27-19(28)12-15-4-2-8-25-14-15/h1-9,13-14H,10-12H2,(H,27,28). The molecule has 3 rings (SSSR count). The number of nitrogens with zero attached hydrogens (tertiary/aromatic N) is 2. The van der Waals surface area contributed by atoms with Crippen LogP contribution in [-0.2, 0) is 27.2 Å². The van der Waals surface area contributed by atoms with Crippen LogP contribution in [0.3, 0.4) is 0 Å². The zero-order valence-electron chi connectivity index (χ0n) is 16.5. The molecule has 1 amide bonds. The summed E-state index contributed by atoms with van der Waals surface area (Å²) in [6, 6.07) is 10.4.